The average molecular weight is 586 g/mol. The Morgan fingerprint density at radius 3 is 1.29 bits per heavy atom. The summed E-state index contributed by atoms with van der Waals surface area (Å²) < 4.78 is 0. The SMILES string of the molecule is CCCCN(C(=O)C1CC(C)(C)N(C)C(C)(C)C1)c1ncnc(N(CCCC)C(=O)C2CC(C)(C)N(C)C(C)(C)C2)n1. The van der Waals surface area contributed by atoms with Crippen molar-refractivity contribution in [1.29, 1.82) is 0 Å². The van der Waals surface area contributed by atoms with Crippen molar-refractivity contribution in [2.24, 2.45) is 11.8 Å². The minimum Gasteiger partial charge on any atom is -0.296 e. The Labute approximate surface area is 255 Å². The Balaban J connectivity index is 1.96. The first-order valence-corrected chi connectivity index (χ1v) is 16.2. The molecule has 0 saturated carbocycles. The molecular formula is C33H59N7O2. The molecule has 42 heavy (non-hydrogen) atoms. The molecule has 0 bridgehead atoms. The minimum absolute atomic E-state index is 0.0695. The van der Waals surface area contributed by atoms with E-state index in [1.54, 1.807) is 9.80 Å². The number of nitrogens with zero attached hydrogens (tertiary/aromatic N) is 7. The van der Waals surface area contributed by atoms with Gasteiger partial charge >= 0.3 is 0 Å². The maximum absolute atomic E-state index is 14.2. The van der Waals surface area contributed by atoms with Gasteiger partial charge in [-0.1, -0.05) is 26.7 Å². The largest absolute Gasteiger partial charge is 0.296 e. The van der Waals surface area contributed by atoms with Crippen molar-refractivity contribution in [2.45, 2.75) is 143 Å². The van der Waals surface area contributed by atoms with E-state index in [1.165, 1.54) is 6.33 Å². The number of aromatic nitrogens is 3. The van der Waals surface area contributed by atoms with Crippen molar-refractivity contribution >= 4 is 23.7 Å². The van der Waals surface area contributed by atoms with E-state index in [2.05, 4.69) is 103 Å². The highest BCUT2D eigenvalue weighted by atomic mass is 16.2. The van der Waals surface area contributed by atoms with Gasteiger partial charge in [0.05, 0.1) is 0 Å². The summed E-state index contributed by atoms with van der Waals surface area (Å²) >= 11 is 0. The van der Waals surface area contributed by atoms with Crippen LogP contribution in [0.3, 0.4) is 0 Å². The Hall–Kier alpha value is -2.13. The molecular weight excluding hydrogens is 526 g/mol. The molecule has 2 amide bonds. The molecule has 0 spiro atoms. The summed E-state index contributed by atoms with van der Waals surface area (Å²) in [7, 11) is 4.31. The second-order valence-electron chi connectivity index (χ2n) is 15.4. The summed E-state index contributed by atoms with van der Waals surface area (Å²) in [4.78, 5) is 50.6. The van der Waals surface area contributed by atoms with Crippen LogP contribution in [0.4, 0.5) is 11.9 Å². The number of likely N-dealkylation sites (tertiary alicyclic amines) is 2. The lowest BCUT2D eigenvalue weighted by Crippen LogP contribution is -2.60. The molecule has 1 aromatic heterocycles. The van der Waals surface area contributed by atoms with Gasteiger partial charge in [-0.05, 0) is 108 Å². The van der Waals surface area contributed by atoms with E-state index in [4.69, 9.17) is 4.98 Å². The summed E-state index contributed by atoms with van der Waals surface area (Å²) in [6, 6.07) is 0. The standard InChI is InChI=1S/C33H59N7O2/c1-13-15-17-39(26(41)24-19-30(3,4)37(11)31(5,6)20-24)28-34-23-35-29(36-28)40(18-16-14-2)27(42)25-21-32(7,8)38(12)33(9,10)22-25/h23-25H,13-22H2,1-12H3. The number of hydrogen-bond donors (Lipinski definition) is 0. The monoisotopic (exact) mass is 585 g/mol. The normalized spacial score (nSPS) is 22.6. The summed E-state index contributed by atoms with van der Waals surface area (Å²) in [5.41, 5.74) is -0.437. The number of unbranched alkanes of at least 4 members (excludes halogenated alkanes) is 2. The first-order valence-electron chi connectivity index (χ1n) is 16.2. The number of anilines is 2. The molecule has 9 nitrogen and oxygen atoms in total. The number of piperidine rings is 2. The molecule has 0 unspecified atom stereocenters. The van der Waals surface area contributed by atoms with Crippen molar-refractivity contribution < 1.29 is 9.59 Å². The summed E-state index contributed by atoms with van der Waals surface area (Å²) in [6.45, 7) is 23.1. The van der Waals surface area contributed by atoms with E-state index in [0.29, 0.717) is 25.0 Å². The van der Waals surface area contributed by atoms with Crippen LogP contribution in [0.1, 0.15) is 121 Å². The van der Waals surface area contributed by atoms with E-state index in [0.717, 1.165) is 51.4 Å². The second-order valence-corrected chi connectivity index (χ2v) is 15.4. The highest BCUT2D eigenvalue weighted by molar-refractivity contribution is 5.95. The molecule has 3 rings (SSSR count). The maximum atomic E-state index is 14.2. The molecule has 0 N–H and O–H groups in total. The van der Waals surface area contributed by atoms with Gasteiger partial charge in [0.2, 0.25) is 23.7 Å². The van der Waals surface area contributed by atoms with Gasteiger partial charge in [0.15, 0.2) is 0 Å². The molecule has 0 atom stereocenters. The quantitative estimate of drug-likeness (QED) is 0.336. The Bertz CT molecular complexity index is 982. The lowest BCUT2D eigenvalue weighted by Gasteiger charge is -2.53. The highest BCUT2D eigenvalue weighted by Crippen LogP contribution is 2.42. The van der Waals surface area contributed by atoms with Crippen molar-refractivity contribution in [3.8, 4) is 0 Å². The maximum Gasteiger partial charge on any atom is 0.236 e. The van der Waals surface area contributed by atoms with Gasteiger partial charge < -0.3 is 0 Å². The van der Waals surface area contributed by atoms with Crippen LogP contribution in [-0.2, 0) is 9.59 Å². The van der Waals surface area contributed by atoms with E-state index < -0.39 is 0 Å². The van der Waals surface area contributed by atoms with Gasteiger partial charge in [-0.2, -0.15) is 4.98 Å². The fraction of sp³-hybridized carbons (Fsp3) is 0.848. The Morgan fingerprint density at radius 2 is 1.00 bits per heavy atom. The molecule has 2 aliphatic heterocycles. The van der Waals surface area contributed by atoms with Crippen LogP contribution in [0.25, 0.3) is 0 Å². The topological polar surface area (TPSA) is 85.8 Å². The van der Waals surface area contributed by atoms with Crippen LogP contribution in [-0.4, -0.2) is 85.9 Å². The van der Waals surface area contributed by atoms with Crippen LogP contribution < -0.4 is 9.80 Å². The van der Waals surface area contributed by atoms with E-state index in [1.807, 2.05) is 0 Å². The molecule has 2 aliphatic rings. The second kappa shape index (κ2) is 12.8. The van der Waals surface area contributed by atoms with Gasteiger partial charge in [0, 0.05) is 47.1 Å². The third kappa shape index (κ3) is 7.32. The van der Waals surface area contributed by atoms with Gasteiger partial charge in [-0.3, -0.25) is 29.2 Å². The molecule has 1 aromatic rings. The molecule has 3 heterocycles. The number of amides is 2. The van der Waals surface area contributed by atoms with Crippen LogP contribution in [0.2, 0.25) is 0 Å². The first kappa shape index (κ1) is 34.4. The molecule has 2 saturated heterocycles. The van der Waals surface area contributed by atoms with Gasteiger partial charge in [0.1, 0.15) is 6.33 Å². The molecule has 0 radical (unpaired) electrons. The zero-order valence-corrected chi connectivity index (χ0v) is 28.8. The predicted molar refractivity (Wildman–Crippen MR) is 172 cm³/mol. The molecule has 0 aliphatic carbocycles. The highest BCUT2D eigenvalue weighted by Gasteiger charge is 2.48. The summed E-state index contributed by atoms with van der Waals surface area (Å²) in [5, 5.41) is 0. The lowest BCUT2D eigenvalue weighted by molar-refractivity contribution is -0.130. The Morgan fingerprint density at radius 1 is 0.690 bits per heavy atom. The van der Waals surface area contributed by atoms with E-state index in [-0.39, 0.29) is 45.8 Å². The third-order valence-electron chi connectivity index (χ3n) is 10.3. The van der Waals surface area contributed by atoms with Crippen molar-refractivity contribution in [2.75, 3.05) is 37.0 Å². The van der Waals surface area contributed by atoms with Crippen LogP contribution >= 0.6 is 0 Å². The van der Waals surface area contributed by atoms with Crippen molar-refractivity contribution in [3.63, 3.8) is 0 Å². The van der Waals surface area contributed by atoms with Crippen molar-refractivity contribution in [3.05, 3.63) is 6.33 Å². The van der Waals surface area contributed by atoms with Crippen LogP contribution in [0.5, 0.6) is 0 Å². The van der Waals surface area contributed by atoms with E-state index in [9.17, 15) is 9.59 Å². The summed E-state index contributed by atoms with van der Waals surface area (Å²) in [5.74, 6) is 0.576. The summed E-state index contributed by atoms with van der Waals surface area (Å²) in [6.07, 6.45) is 8.17. The Kier molecular flexibility index (Phi) is 10.5. The zero-order valence-electron chi connectivity index (χ0n) is 28.8. The minimum atomic E-state index is -0.134. The van der Waals surface area contributed by atoms with Gasteiger partial charge in [0.25, 0.3) is 0 Å². The number of hydrogen-bond acceptors (Lipinski definition) is 7. The number of carbonyl (C=O) groups is 2. The van der Waals surface area contributed by atoms with Gasteiger partial charge in [-0.15, -0.1) is 0 Å². The molecule has 238 valence electrons. The van der Waals surface area contributed by atoms with Gasteiger partial charge in [-0.25, -0.2) is 9.97 Å². The average Bonchev–Trinajstić information content (AvgIpc) is 2.90. The van der Waals surface area contributed by atoms with Crippen molar-refractivity contribution in [1.82, 2.24) is 24.8 Å². The molecule has 0 aromatic carbocycles. The third-order valence-corrected chi connectivity index (χ3v) is 10.3. The lowest BCUT2D eigenvalue weighted by atomic mass is 9.73. The van der Waals surface area contributed by atoms with Crippen LogP contribution in [0, 0.1) is 11.8 Å². The van der Waals surface area contributed by atoms with Crippen LogP contribution in [0.15, 0.2) is 6.33 Å². The first-order chi connectivity index (χ1) is 19.4. The zero-order chi connectivity index (χ0) is 31.7. The molecule has 9 heteroatoms. The fourth-order valence-electron chi connectivity index (χ4n) is 7.32. The number of carbonyl (C=O) groups excluding carboxylic acids is 2. The number of rotatable bonds is 10. The fourth-order valence-corrected chi connectivity index (χ4v) is 7.32. The predicted octanol–water partition coefficient (Wildman–Crippen LogP) is 5.94. The smallest absolute Gasteiger partial charge is 0.236 e. The molecule has 2 fully saturated rings. The van der Waals surface area contributed by atoms with E-state index >= 15 is 0 Å².